The number of hydrogen-bond donors (Lipinski definition) is 2. The lowest BCUT2D eigenvalue weighted by molar-refractivity contribution is 0.194. The number of nitrogens with zero attached hydrogens (tertiary/aromatic N) is 3. The van der Waals surface area contributed by atoms with Crippen LogP contribution in [0.1, 0.15) is 23.8 Å². The van der Waals surface area contributed by atoms with Crippen LogP contribution in [0.25, 0.3) is 0 Å². The average Bonchev–Trinajstić information content (AvgIpc) is 3.22. The summed E-state index contributed by atoms with van der Waals surface area (Å²) in [4.78, 5) is 23.7. The third-order valence-corrected chi connectivity index (χ3v) is 4.61. The minimum atomic E-state index is 0.00619. The standard InChI is InChI=1S/C15H19N5OS/c21-15(19-9-8-18-14-16-6-3-7-17-14)20-10-1-4-12(20)13-5-2-11-22-13/h2-3,5-7,11-12H,1,4,8-10H2,(H,19,21)(H,16,17,18)/t12-/m0/s1. The normalized spacial score (nSPS) is 17.5. The maximum atomic E-state index is 12.3. The molecule has 6 nitrogen and oxygen atoms in total. The van der Waals surface area contributed by atoms with Gasteiger partial charge in [0.25, 0.3) is 0 Å². The Morgan fingerprint density at radius 1 is 1.32 bits per heavy atom. The lowest BCUT2D eigenvalue weighted by atomic mass is 10.2. The van der Waals surface area contributed by atoms with Gasteiger partial charge in [0.15, 0.2) is 0 Å². The van der Waals surface area contributed by atoms with Crippen LogP contribution in [0.3, 0.4) is 0 Å². The van der Waals surface area contributed by atoms with E-state index in [1.54, 1.807) is 29.8 Å². The Hall–Kier alpha value is -2.15. The van der Waals surface area contributed by atoms with E-state index < -0.39 is 0 Å². The Labute approximate surface area is 133 Å². The summed E-state index contributed by atoms with van der Waals surface area (Å²) in [5.41, 5.74) is 0. The molecule has 0 unspecified atom stereocenters. The molecule has 2 N–H and O–H groups in total. The fourth-order valence-electron chi connectivity index (χ4n) is 2.62. The number of likely N-dealkylation sites (tertiary alicyclic amines) is 1. The minimum absolute atomic E-state index is 0.00619. The lowest BCUT2D eigenvalue weighted by Crippen LogP contribution is -2.41. The zero-order valence-electron chi connectivity index (χ0n) is 12.2. The van der Waals surface area contributed by atoms with Crippen LogP contribution in [0.5, 0.6) is 0 Å². The summed E-state index contributed by atoms with van der Waals surface area (Å²) in [5, 5.41) is 8.10. The summed E-state index contributed by atoms with van der Waals surface area (Å²) in [5.74, 6) is 0.578. The fourth-order valence-corrected chi connectivity index (χ4v) is 3.50. The highest BCUT2D eigenvalue weighted by Gasteiger charge is 2.30. The number of amides is 2. The van der Waals surface area contributed by atoms with Crippen LogP contribution in [0.15, 0.2) is 36.0 Å². The number of aromatic nitrogens is 2. The summed E-state index contributed by atoms with van der Waals surface area (Å²) in [6.45, 7) is 1.97. The molecule has 116 valence electrons. The van der Waals surface area contributed by atoms with E-state index in [1.165, 1.54) is 4.88 Å². The molecule has 22 heavy (non-hydrogen) atoms. The van der Waals surface area contributed by atoms with Crippen molar-refractivity contribution in [3.63, 3.8) is 0 Å². The molecule has 1 fully saturated rings. The molecule has 1 aliphatic rings. The van der Waals surface area contributed by atoms with Gasteiger partial charge in [0.2, 0.25) is 5.95 Å². The van der Waals surface area contributed by atoms with E-state index >= 15 is 0 Å². The Kier molecular flexibility index (Phi) is 4.85. The second kappa shape index (κ2) is 7.22. The van der Waals surface area contributed by atoms with Crippen LogP contribution >= 0.6 is 11.3 Å². The van der Waals surface area contributed by atoms with Gasteiger partial charge in [-0.05, 0) is 30.4 Å². The van der Waals surface area contributed by atoms with E-state index in [1.807, 2.05) is 11.0 Å². The molecule has 2 aromatic rings. The highest BCUT2D eigenvalue weighted by Crippen LogP contribution is 2.34. The van der Waals surface area contributed by atoms with Crippen LogP contribution in [-0.2, 0) is 0 Å². The summed E-state index contributed by atoms with van der Waals surface area (Å²) < 4.78 is 0. The first-order valence-electron chi connectivity index (χ1n) is 7.43. The Bertz CT molecular complexity index is 589. The Morgan fingerprint density at radius 3 is 2.95 bits per heavy atom. The van der Waals surface area contributed by atoms with Crippen molar-refractivity contribution in [3.05, 3.63) is 40.8 Å². The van der Waals surface area contributed by atoms with E-state index in [-0.39, 0.29) is 12.1 Å². The number of nitrogens with one attached hydrogen (secondary N) is 2. The van der Waals surface area contributed by atoms with E-state index in [0.717, 1.165) is 19.4 Å². The first-order valence-corrected chi connectivity index (χ1v) is 8.31. The van der Waals surface area contributed by atoms with Crippen LogP contribution in [0.4, 0.5) is 10.7 Å². The molecule has 0 aromatic carbocycles. The van der Waals surface area contributed by atoms with Gasteiger partial charge in [-0.2, -0.15) is 0 Å². The SMILES string of the molecule is O=C(NCCNc1ncccn1)N1CCC[C@H]1c1cccs1. The highest BCUT2D eigenvalue weighted by atomic mass is 32.1. The summed E-state index contributed by atoms with van der Waals surface area (Å²) in [6, 6.07) is 6.15. The molecular formula is C15H19N5OS. The molecule has 1 aliphatic heterocycles. The predicted molar refractivity (Wildman–Crippen MR) is 86.9 cm³/mol. The summed E-state index contributed by atoms with van der Waals surface area (Å²) in [6.07, 6.45) is 5.48. The topological polar surface area (TPSA) is 70.1 Å². The predicted octanol–water partition coefficient (Wildman–Crippen LogP) is 2.50. The summed E-state index contributed by atoms with van der Waals surface area (Å²) in [7, 11) is 0. The van der Waals surface area contributed by atoms with Gasteiger partial charge in [0.05, 0.1) is 6.04 Å². The van der Waals surface area contributed by atoms with Crippen molar-refractivity contribution >= 4 is 23.3 Å². The molecule has 7 heteroatoms. The third kappa shape index (κ3) is 3.54. The molecule has 0 saturated carbocycles. The van der Waals surface area contributed by atoms with Gasteiger partial charge in [-0.15, -0.1) is 11.3 Å². The van der Waals surface area contributed by atoms with Crippen molar-refractivity contribution in [2.75, 3.05) is 25.0 Å². The van der Waals surface area contributed by atoms with E-state index in [4.69, 9.17) is 0 Å². The van der Waals surface area contributed by atoms with Gasteiger partial charge < -0.3 is 15.5 Å². The van der Waals surface area contributed by atoms with Crippen LogP contribution in [0.2, 0.25) is 0 Å². The van der Waals surface area contributed by atoms with E-state index in [0.29, 0.717) is 19.0 Å². The van der Waals surface area contributed by atoms with Crippen molar-refractivity contribution in [2.45, 2.75) is 18.9 Å². The van der Waals surface area contributed by atoms with Crippen LogP contribution < -0.4 is 10.6 Å². The lowest BCUT2D eigenvalue weighted by Gasteiger charge is -2.24. The molecule has 1 saturated heterocycles. The van der Waals surface area contributed by atoms with Crippen molar-refractivity contribution in [1.82, 2.24) is 20.2 Å². The van der Waals surface area contributed by atoms with Crippen LogP contribution in [-0.4, -0.2) is 40.5 Å². The molecule has 0 radical (unpaired) electrons. The molecular weight excluding hydrogens is 298 g/mol. The molecule has 1 atom stereocenters. The van der Waals surface area contributed by atoms with Crippen molar-refractivity contribution in [1.29, 1.82) is 0 Å². The third-order valence-electron chi connectivity index (χ3n) is 3.64. The highest BCUT2D eigenvalue weighted by molar-refractivity contribution is 7.10. The maximum Gasteiger partial charge on any atom is 0.318 e. The largest absolute Gasteiger partial charge is 0.352 e. The van der Waals surface area contributed by atoms with E-state index in [9.17, 15) is 4.79 Å². The van der Waals surface area contributed by atoms with Gasteiger partial charge in [0, 0.05) is 36.9 Å². The number of carbonyl (C=O) groups is 1. The average molecular weight is 317 g/mol. The molecule has 0 spiro atoms. The number of thiophene rings is 1. The van der Waals surface area contributed by atoms with Gasteiger partial charge >= 0.3 is 6.03 Å². The van der Waals surface area contributed by atoms with Crippen molar-refractivity contribution in [2.24, 2.45) is 0 Å². The first kappa shape index (κ1) is 14.8. The fraction of sp³-hybridized carbons (Fsp3) is 0.400. The zero-order valence-corrected chi connectivity index (χ0v) is 13.1. The first-order chi connectivity index (χ1) is 10.8. The Morgan fingerprint density at radius 2 is 2.18 bits per heavy atom. The van der Waals surface area contributed by atoms with Gasteiger partial charge in [0.1, 0.15) is 0 Å². The molecule has 3 rings (SSSR count). The second-order valence-electron chi connectivity index (χ2n) is 5.10. The second-order valence-corrected chi connectivity index (χ2v) is 6.08. The molecule has 2 amide bonds. The number of hydrogen-bond acceptors (Lipinski definition) is 5. The monoisotopic (exact) mass is 317 g/mol. The number of rotatable bonds is 5. The van der Waals surface area contributed by atoms with Gasteiger partial charge in [-0.25, -0.2) is 14.8 Å². The van der Waals surface area contributed by atoms with Gasteiger partial charge in [-0.3, -0.25) is 0 Å². The van der Waals surface area contributed by atoms with Crippen molar-refractivity contribution < 1.29 is 4.79 Å². The quantitative estimate of drug-likeness (QED) is 0.831. The van der Waals surface area contributed by atoms with Crippen molar-refractivity contribution in [3.8, 4) is 0 Å². The number of carbonyl (C=O) groups excluding carboxylic acids is 1. The van der Waals surface area contributed by atoms with E-state index in [2.05, 4.69) is 32.0 Å². The van der Waals surface area contributed by atoms with Gasteiger partial charge in [-0.1, -0.05) is 6.07 Å². The molecule has 3 heterocycles. The number of urea groups is 1. The molecule has 0 aliphatic carbocycles. The zero-order chi connectivity index (χ0) is 15.2. The Balaban J connectivity index is 1.45. The summed E-state index contributed by atoms with van der Waals surface area (Å²) >= 11 is 1.72. The van der Waals surface area contributed by atoms with Crippen LogP contribution in [0, 0.1) is 0 Å². The minimum Gasteiger partial charge on any atom is -0.352 e. The maximum absolute atomic E-state index is 12.3. The molecule has 0 bridgehead atoms. The molecule has 2 aromatic heterocycles. The number of anilines is 1. The smallest absolute Gasteiger partial charge is 0.318 e.